The first-order valence-corrected chi connectivity index (χ1v) is 3.57. The van der Waals surface area contributed by atoms with Crippen LogP contribution in [0.3, 0.4) is 0 Å². The lowest BCUT2D eigenvalue weighted by molar-refractivity contribution is 0.268. The maximum absolute atomic E-state index is 8.64. The molecule has 12 heavy (non-hydrogen) atoms. The fourth-order valence-corrected chi connectivity index (χ4v) is 1.02. The zero-order valence-electron chi connectivity index (χ0n) is 7.24. The Balaban J connectivity index is 0.00000121. The Bertz CT molecular complexity index is 259. The van der Waals surface area contributed by atoms with Gasteiger partial charge in [-0.25, -0.2) is 0 Å². The first-order valence-electron chi connectivity index (χ1n) is 3.57. The summed E-state index contributed by atoms with van der Waals surface area (Å²) in [5.74, 6) is 0. The smallest absolute Gasteiger partial charge is 0.0825 e. The van der Waals surface area contributed by atoms with Crippen LogP contribution in [0.5, 0.6) is 0 Å². The van der Waals surface area contributed by atoms with Gasteiger partial charge in [-0.3, -0.25) is 4.68 Å². The Morgan fingerprint density at radius 2 is 2.08 bits per heavy atom. The average Bonchev–Trinajstić information content (AvgIpc) is 2.19. The number of rotatable bonds is 2. The van der Waals surface area contributed by atoms with Crippen LogP contribution in [0.15, 0.2) is 0 Å². The number of nitrogen functional groups attached to an aromatic ring is 1. The Morgan fingerprint density at radius 3 is 2.42 bits per heavy atom. The number of halogens is 1. The third-order valence-corrected chi connectivity index (χ3v) is 1.75. The molecule has 0 atom stereocenters. The summed E-state index contributed by atoms with van der Waals surface area (Å²) < 4.78 is 1.71. The number of hydrogen-bond acceptors (Lipinski definition) is 3. The van der Waals surface area contributed by atoms with E-state index in [0.29, 0.717) is 6.54 Å². The predicted molar refractivity (Wildman–Crippen MR) is 50.4 cm³/mol. The Morgan fingerprint density at radius 1 is 1.50 bits per heavy atom. The van der Waals surface area contributed by atoms with Crippen LogP contribution in [-0.2, 0) is 6.54 Å². The highest BCUT2D eigenvalue weighted by atomic mass is 35.5. The van der Waals surface area contributed by atoms with Crippen LogP contribution in [0.1, 0.15) is 11.4 Å². The second-order valence-electron chi connectivity index (χ2n) is 2.53. The first-order chi connectivity index (χ1) is 5.16. The van der Waals surface area contributed by atoms with Crippen molar-refractivity contribution in [2.75, 3.05) is 12.3 Å². The van der Waals surface area contributed by atoms with E-state index < -0.39 is 0 Å². The molecule has 0 amide bonds. The molecule has 0 aromatic carbocycles. The van der Waals surface area contributed by atoms with Gasteiger partial charge in [0, 0.05) is 0 Å². The van der Waals surface area contributed by atoms with Gasteiger partial charge < -0.3 is 10.8 Å². The second-order valence-corrected chi connectivity index (χ2v) is 2.53. The van der Waals surface area contributed by atoms with E-state index in [9.17, 15) is 0 Å². The molecule has 0 aliphatic carbocycles. The third kappa shape index (κ3) is 1.89. The zero-order valence-corrected chi connectivity index (χ0v) is 8.06. The molecule has 4 nitrogen and oxygen atoms in total. The number of nitrogens with two attached hydrogens (primary N) is 1. The van der Waals surface area contributed by atoms with Crippen molar-refractivity contribution < 1.29 is 5.11 Å². The highest BCUT2D eigenvalue weighted by molar-refractivity contribution is 5.85. The number of aliphatic hydroxyl groups excluding tert-OH is 1. The second kappa shape index (κ2) is 4.33. The van der Waals surface area contributed by atoms with E-state index in [0.717, 1.165) is 17.1 Å². The van der Waals surface area contributed by atoms with Crippen molar-refractivity contribution in [3.8, 4) is 0 Å². The molecule has 0 saturated heterocycles. The fourth-order valence-electron chi connectivity index (χ4n) is 1.02. The van der Waals surface area contributed by atoms with E-state index in [4.69, 9.17) is 10.8 Å². The molecule has 0 unspecified atom stereocenters. The molecule has 0 aliphatic rings. The predicted octanol–water partition coefficient (Wildman–Crippen LogP) is 0.496. The summed E-state index contributed by atoms with van der Waals surface area (Å²) in [5, 5.41) is 12.8. The molecule has 0 radical (unpaired) electrons. The molecule has 0 saturated carbocycles. The lowest BCUT2D eigenvalue weighted by Crippen LogP contribution is -2.05. The number of aliphatic hydroxyl groups is 1. The van der Waals surface area contributed by atoms with Gasteiger partial charge in [-0.15, -0.1) is 12.4 Å². The molecule has 1 rings (SSSR count). The van der Waals surface area contributed by atoms with Crippen molar-refractivity contribution in [3.63, 3.8) is 0 Å². The van der Waals surface area contributed by atoms with E-state index >= 15 is 0 Å². The minimum Gasteiger partial charge on any atom is -0.396 e. The molecule has 1 aromatic heterocycles. The highest BCUT2D eigenvalue weighted by Crippen LogP contribution is 2.13. The third-order valence-electron chi connectivity index (χ3n) is 1.75. The van der Waals surface area contributed by atoms with Gasteiger partial charge >= 0.3 is 0 Å². The van der Waals surface area contributed by atoms with Crippen LogP contribution in [0.4, 0.5) is 5.69 Å². The number of hydrogen-bond donors (Lipinski definition) is 2. The minimum atomic E-state index is 0. The van der Waals surface area contributed by atoms with Crippen molar-refractivity contribution in [1.82, 2.24) is 9.78 Å². The van der Waals surface area contributed by atoms with E-state index in [-0.39, 0.29) is 19.0 Å². The summed E-state index contributed by atoms with van der Waals surface area (Å²) in [7, 11) is 0. The van der Waals surface area contributed by atoms with Crippen LogP contribution >= 0.6 is 12.4 Å². The van der Waals surface area contributed by atoms with Crippen molar-refractivity contribution >= 4 is 18.1 Å². The highest BCUT2D eigenvalue weighted by Gasteiger charge is 2.05. The molecule has 0 spiro atoms. The van der Waals surface area contributed by atoms with Crippen molar-refractivity contribution in [2.24, 2.45) is 0 Å². The Labute approximate surface area is 77.8 Å². The van der Waals surface area contributed by atoms with Crippen LogP contribution < -0.4 is 5.73 Å². The quantitative estimate of drug-likeness (QED) is 0.716. The van der Waals surface area contributed by atoms with Gasteiger partial charge in [0.2, 0.25) is 0 Å². The van der Waals surface area contributed by atoms with Crippen molar-refractivity contribution in [1.29, 1.82) is 0 Å². The number of anilines is 1. The van der Waals surface area contributed by atoms with Crippen LogP contribution in [0.25, 0.3) is 0 Å². The van der Waals surface area contributed by atoms with E-state index in [1.807, 2.05) is 13.8 Å². The van der Waals surface area contributed by atoms with Gasteiger partial charge in [0.1, 0.15) is 0 Å². The summed E-state index contributed by atoms with van der Waals surface area (Å²) >= 11 is 0. The summed E-state index contributed by atoms with van der Waals surface area (Å²) in [5.41, 5.74) is 8.15. The maximum atomic E-state index is 8.64. The molecule has 0 aliphatic heterocycles. The summed E-state index contributed by atoms with van der Waals surface area (Å²) in [6, 6.07) is 0. The molecule has 0 fully saturated rings. The molecule has 3 N–H and O–H groups in total. The summed E-state index contributed by atoms with van der Waals surface area (Å²) in [4.78, 5) is 0. The molecular formula is C7H14ClN3O. The normalized spacial score (nSPS) is 9.58. The average molecular weight is 192 g/mol. The standard InChI is InChI=1S/C7H13N3O.ClH/c1-5-7(8)6(2)10(9-5)3-4-11;/h11H,3-4,8H2,1-2H3;1H. The molecular weight excluding hydrogens is 178 g/mol. The Kier molecular flexibility index (Phi) is 4.06. The lowest BCUT2D eigenvalue weighted by Gasteiger charge is -1.99. The topological polar surface area (TPSA) is 64.1 Å². The van der Waals surface area contributed by atoms with Gasteiger partial charge in [-0.2, -0.15) is 5.10 Å². The maximum Gasteiger partial charge on any atom is 0.0825 e. The van der Waals surface area contributed by atoms with E-state index in [2.05, 4.69) is 5.10 Å². The van der Waals surface area contributed by atoms with Gasteiger partial charge in [0.25, 0.3) is 0 Å². The molecule has 1 heterocycles. The monoisotopic (exact) mass is 191 g/mol. The van der Waals surface area contributed by atoms with Gasteiger partial charge in [0.05, 0.1) is 30.2 Å². The van der Waals surface area contributed by atoms with Gasteiger partial charge in [-0.1, -0.05) is 0 Å². The van der Waals surface area contributed by atoms with Gasteiger partial charge in [-0.05, 0) is 13.8 Å². The van der Waals surface area contributed by atoms with Crippen molar-refractivity contribution in [2.45, 2.75) is 20.4 Å². The number of nitrogens with zero attached hydrogens (tertiary/aromatic N) is 2. The largest absolute Gasteiger partial charge is 0.396 e. The molecule has 70 valence electrons. The minimum absolute atomic E-state index is 0. The lowest BCUT2D eigenvalue weighted by atomic mass is 10.3. The molecule has 5 heteroatoms. The number of aryl methyl sites for hydroxylation is 1. The van der Waals surface area contributed by atoms with E-state index in [1.165, 1.54) is 0 Å². The fraction of sp³-hybridized carbons (Fsp3) is 0.571. The molecule has 1 aromatic rings. The first kappa shape index (κ1) is 11.3. The Hall–Kier alpha value is -0.740. The van der Waals surface area contributed by atoms with Crippen LogP contribution in [-0.4, -0.2) is 21.5 Å². The van der Waals surface area contributed by atoms with Crippen LogP contribution in [0.2, 0.25) is 0 Å². The molecule has 0 bridgehead atoms. The van der Waals surface area contributed by atoms with Crippen molar-refractivity contribution in [3.05, 3.63) is 11.4 Å². The van der Waals surface area contributed by atoms with Crippen LogP contribution in [0, 0.1) is 13.8 Å². The SMILES string of the molecule is Cc1nn(CCO)c(C)c1N.Cl. The zero-order chi connectivity index (χ0) is 8.43. The van der Waals surface area contributed by atoms with E-state index in [1.54, 1.807) is 4.68 Å². The summed E-state index contributed by atoms with van der Waals surface area (Å²) in [6.07, 6.45) is 0. The van der Waals surface area contributed by atoms with Gasteiger partial charge in [0.15, 0.2) is 0 Å². The summed E-state index contributed by atoms with van der Waals surface area (Å²) in [6.45, 7) is 4.37. The number of aromatic nitrogens is 2.